The Morgan fingerprint density at radius 3 is 2.82 bits per heavy atom. The van der Waals surface area contributed by atoms with E-state index >= 15 is 0 Å². The lowest BCUT2D eigenvalue weighted by molar-refractivity contribution is -0.114. The molecule has 8 nitrogen and oxygen atoms in total. The van der Waals surface area contributed by atoms with Crippen LogP contribution in [-0.4, -0.2) is 32.9 Å². The number of methoxy groups -OCH3 is 1. The van der Waals surface area contributed by atoms with Crippen LogP contribution in [0.2, 0.25) is 0 Å². The monoisotopic (exact) mass is 298 g/mol. The molecular weight excluding hydrogens is 284 g/mol. The molecule has 0 spiro atoms. The first-order valence-electron chi connectivity index (χ1n) is 6.54. The topological polar surface area (TPSA) is 94.0 Å². The van der Waals surface area contributed by atoms with Crippen molar-refractivity contribution in [1.82, 2.24) is 19.9 Å². The largest absolute Gasteiger partial charge is 0.497 e. The number of hydrogen-bond acceptors (Lipinski definition) is 6. The molecule has 1 amide bonds. The summed E-state index contributed by atoms with van der Waals surface area (Å²) >= 11 is 0. The van der Waals surface area contributed by atoms with Gasteiger partial charge in [0, 0.05) is 24.4 Å². The second-order valence-electron chi connectivity index (χ2n) is 4.56. The van der Waals surface area contributed by atoms with Gasteiger partial charge in [0.05, 0.1) is 18.8 Å². The van der Waals surface area contributed by atoms with Gasteiger partial charge < -0.3 is 10.1 Å². The Morgan fingerprint density at radius 1 is 1.23 bits per heavy atom. The second kappa shape index (κ2) is 5.68. The smallest absolute Gasteiger partial charge is 0.222 e. The van der Waals surface area contributed by atoms with Gasteiger partial charge >= 0.3 is 0 Å². The molecule has 0 fully saturated rings. The van der Waals surface area contributed by atoms with Crippen LogP contribution in [0.25, 0.3) is 10.9 Å². The molecule has 0 saturated carbocycles. The number of nitrogens with zero attached hydrogens (tertiary/aromatic N) is 4. The maximum atomic E-state index is 11.1. The molecule has 0 aliphatic rings. The average Bonchev–Trinajstić information content (AvgIpc) is 2.89. The number of ether oxygens (including phenoxy) is 1. The van der Waals surface area contributed by atoms with Gasteiger partial charge in [0.2, 0.25) is 5.91 Å². The second-order valence-corrected chi connectivity index (χ2v) is 4.56. The maximum absolute atomic E-state index is 11.1. The highest BCUT2D eigenvalue weighted by atomic mass is 16.5. The zero-order valence-corrected chi connectivity index (χ0v) is 12.1. The first kappa shape index (κ1) is 13.8. The third-order valence-electron chi connectivity index (χ3n) is 2.97. The summed E-state index contributed by atoms with van der Waals surface area (Å²) in [4.78, 5) is 20.7. The summed E-state index contributed by atoms with van der Waals surface area (Å²) in [5.41, 5.74) is 3.89. The van der Waals surface area contributed by atoms with Crippen molar-refractivity contribution in [2.45, 2.75) is 6.92 Å². The molecule has 8 heteroatoms. The normalized spacial score (nSPS) is 10.5. The molecule has 0 unspecified atom stereocenters. The van der Waals surface area contributed by atoms with Gasteiger partial charge in [0.25, 0.3) is 0 Å². The van der Waals surface area contributed by atoms with E-state index in [4.69, 9.17) is 4.74 Å². The third kappa shape index (κ3) is 2.80. The fraction of sp³-hybridized carbons (Fsp3) is 0.143. The van der Waals surface area contributed by atoms with E-state index in [9.17, 15) is 4.79 Å². The molecule has 0 saturated heterocycles. The fourth-order valence-electron chi connectivity index (χ4n) is 1.99. The highest BCUT2D eigenvalue weighted by Gasteiger charge is 2.06. The number of nitrogens with one attached hydrogen (secondary N) is 2. The van der Waals surface area contributed by atoms with Crippen molar-refractivity contribution in [3.8, 4) is 5.75 Å². The predicted octanol–water partition coefficient (Wildman–Crippen LogP) is 1.67. The summed E-state index contributed by atoms with van der Waals surface area (Å²) < 4.78 is 5.22. The quantitative estimate of drug-likeness (QED) is 0.761. The van der Waals surface area contributed by atoms with Gasteiger partial charge in [0.15, 0.2) is 5.82 Å². The molecule has 3 aromatic rings. The van der Waals surface area contributed by atoms with Crippen LogP contribution >= 0.6 is 0 Å². The van der Waals surface area contributed by atoms with E-state index < -0.39 is 0 Å². The molecule has 22 heavy (non-hydrogen) atoms. The number of anilines is 2. The van der Waals surface area contributed by atoms with Crippen molar-refractivity contribution in [2.75, 3.05) is 17.9 Å². The Morgan fingerprint density at radius 2 is 2.05 bits per heavy atom. The highest BCUT2D eigenvalue weighted by molar-refractivity contribution is 5.87. The van der Waals surface area contributed by atoms with Crippen molar-refractivity contribution in [1.29, 1.82) is 0 Å². The van der Waals surface area contributed by atoms with E-state index in [2.05, 4.69) is 25.8 Å². The van der Waals surface area contributed by atoms with E-state index in [0.717, 1.165) is 16.7 Å². The summed E-state index contributed by atoms with van der Waals surface area (Å²) in [5, 5.41) is 7.82. The summed E-state index contributed by atoms with van der Waals surface area (Å²) in [6.45, 7) is 1.42. The van der Waals surface area contributed by atoms with Crippen molar-refractivity contribution in [3.05, 3.63) is 36.8 Å². The predicted molar refractivity (Wildman–Crippen MR) is 81.6 cm³/mol. The van der Waals surface area contributed by atoms with E-state index in [1.54, 1.807) is 24.2 Å². The highest BCUT2D eigenvalue weighted by Crippen LogP contribution is 2.20. The number of fused-ring (bicyclic) bond motifs is 1. The molecule has 3 rings (SSSR count). The van der Waals surface area contributed by atoms with E-state index in [1.165, 1.54) is 13.3 Å². The molecule has 2 heterocycles. The van der Waals surface area contributed by atoms with Gasteiger partial charge in [-0.3, -0.25) is 10.2 Å². The Kier molecular flexibility index (Phi) is 3.57. The Labute approximate surface area is 126 Å². The van der Waals surface area contributed by atoms with Crippen LogP contribution < -0.4 is 15.5 Å². The first-order valence-corrected chi connectivity index (χ1v) is 6.54. The van der Waals surface area contributed by atoms with Crippen LogP contribution in [0.5, 0.6) is 5.75 Å². The molecule has 2 aromatic heterocycles. The van der Waals surface area contributed by atoms with Gasteiger partial charge in [-0.25, -0.2) is 9.97 Å². The first-order chi connectivity index (χ1) is 10.7. The van der Waals surface area contributed by atoms with E-state index in [-0.39, 0.29) is 5.91 Å². The lowest BCUT2D eigenvalue weighted by Crippen LogP contribution is -2.13. The van der Waals surface area contributed by atoms with Crippen molar-refractivity contribution in [3.63, 3.8) is 0 Å². The lowest BCUT2D eigenvalue weighted by Gasteiger charge is -2.08. The molecule has 0 atom stereocenters. The summed E-state index contributed by atoms with van der Waals surface area (Å²) in [6, 6.07) is 7.27. The Hall–Kier alpha value is -3.16. The third-order valence-corrected chi connectivity index (χ3v) is 2.97. The van der Waals surface area contributed by atoms with Crippen molar-refractivity contribution in [2.24, 2.45) is 0 Å². The molecule has 0 radical (unpaired) electrons. The molecule has 0 aliphatic carbocycles. The molecule has 0 aliphatic heterocycles. The van der Waals surface area contributed by atoms with Crippen LogP contribution in [0.15, 0.2) is 36.8 Å². The van der Waals surface area contributed by atoms with Gasteiger partial charge in [-0.2, -0.15) is 9.89 Å². The van der Waals surface area contributed by atoms with Gasteiger partial charge in [-0.1, -0.05) is 0 Å². The minimum Gasteiger partial charge on any atom is -0.497 e. The molecule has 0 bridgehead atoms. The zero-order chi connectivity index (χ0) is 15.5. The Balaban J connectivity index is 1.91. The summed E-state index contributed by atoms with van der Waals surface area (Å²) in [7, 11) is 1.61. The number of rotatable bonds is 4. The fourth-order valence-corrected chi connectivity index (χ4v) is 1.99. The van der Waals surface area contributed by atoms with Crippen LogP contribution in [-0.2, 0) is 4.79 Å². The number of carbonyl (C=O) groups excluding carboxylic acids is 1. The van der Waals surface area contributed by atoms with Crippen LogP contribution in [0.4, 0.5) is 11.6 Å². The number of aromatic nitrogens is 4. The van der Waals surface area contributed by atoms with Crippen molar-refractivity contribution < 1.29 is 9.53 Å². The number of carbonyl (C=O) groups is 1. The molecule has 112 valence electrons. The Bertz CT molecular complexity index is 829. The average molecular weight is 298 g/mol. The summed E-state index contributed by atoms with van der Waals surface area (Å²) in [6.07, 6.45) is 3.09. The standard InChI is InChI=1S/C14H14N6O2/c1-9(21)18-13-6-14(16-8-15-13)19-20-12-5-11(22-2)4-3-10(12)7-17-20/h3-8H,1-2H3,(H2,15,16,18,19,21). The van der Waals surface area contributed by atoms with Gasteiger partial charge in [-0.05, 0) is 12.1 Å². The zero-order valence-electron chi connectivity index (χ0n) is 12.1. The van der Waals surface area contributed by atoms with E-state index in [1.807, 2.05) is 18.2 Å². The number of hydrogen-bond donors (Lipinski definition) is 2. The molecule has 2 N–H and O–H groups in total. The van der Waals surface area contributed by atoms with Crippen LogP contribution in [0.1, 0.15) is 6.92 Å². The summed E-state index contributed by atoms with van der Waals surface area (Å²) in [5.74, 6) is 1.46. The lowest BCUT2D eigenvalue weighted by atomic mass is 10.2. The minimum absolute atomic E-state index is 0.195. The van der Waals surface area contributed by atoms with Gasteiger partial charge in [0.1, 0.15) is 17.9 Å². The molecular formula is C14H14N6O2. The maximum Gasteiger partial charge on any atom is 0.222 e. The van der Waals surface area contributed by atoms with Gasteiger partial charge in [-0.15, -0.1) is 0 Å². The number of amides is 1. The minimum atomic E-state index is -0.195. The SMILES string of the molecule is COc1ccc2cnn(Nc3cc(NC(C)=O)ncn3)c2c1. The van der Waals surface area contributed by atoms with Crippen LogP contribution in [0, 0.1) is 0 Å². The molecule has 1 aromatic carbocycles. The van der Waals surface area contributed by atoms with E-state index in [0.29, 0.717) is 11.6 Å². The number of benzene rings is 1. The van der Waals surface area contributed by atoms with Crippen LogP contribution in [0.3, 0.4) is 0 Å². The van der Waals surface area contributed by atoms with Crippen molar-refractivity contribution >= 4 is 28.4 Å².